The van der Waals surface area contributed by atoms with Crippen LogP contribution in [0.4, 0.5) is 5.69 Å². The van der Waals surface area contributed by atoms with Gasteiger partial charge >= 0.3 is 0 Å². The summed E-state index contributed by atoms with van der Waals surface area (Å²) in [5.41, 5.74) is 6.00. The molecule has 0 spiro atoms. The van der Waals surface area contributed by atoms with E-state index in [4.69, 9.17) is 4.74 Å². The first-order valence-electron chi connectivity index (χ1n) is 10.7. The van der Waals surface area contributed by atoms with Crippen LogP contribution in [0.25, 0.3) is 0 Å². The van der Waals surface area contributed by atoms with Gasteiger partial charge in [0, 0.05) is 44.8 Å². The summed E-state index contributed by atoms with van der Waals surface area (Å²) in [4.78, 5) is 17.3. The molecule has 0 radical (unpaired) electrons. The van der Waals surface area contributed by atoms with Crippen LogP contribution in [0.5, 0.6) is 5.75 Å². The Balaban J connectivity index is 1.26. The molecule has 1 amide bonds. The van der Waals surface area contributed by atoms with Crippen molar-refractivity contribution in [2.75, 3.05) is 44.6 Å². The van der Waals surface area contributed by atoms with Crippen LogP contribution in [0, 0.1) is 6.92 Å². The molecule has 0 aromatic heterocycles. The zero-order valence-corrected chi connectivity index (χ0v) is 17.5. The van der Waals surface area contributed by atoms with Crippen molar-refractivity contribution in [2.24, 2.45) is 0 Å². The van der Waals surface area contributed by atoms with Crippen LogP contribution in [0.2, 0.25) is 0 Å². The molecule has 0 atom stereocenters. The first kappa shape index (κ1) is 19.9. The second-order valence-electron chi connectivity index (χ2n) is 8.10. The summed E-state index contributed by atoms with van der Waals surface area (Å²) in [5, 5.41) is 3.15. The number of amides is 1. The van der Waals surface area contributed by atoms with Crippen LogP contribution >= 0.6 is 0 Å². The molecule has 4 rings (SSSR count). The molecule has 2 aliphatic rings. The van der Waals surface area contributed by atoms with Gasteiger partial charge < -0.3 is 10.1 Å². The lowest BCUT2D eigenvalue weighted by molar-refractivity contribution is -0.117. The lowest BCUT2D eigenvalue weighted by Gasteiger charge is -2.34. The molecule has 2 aromatic rings. The topological polar surface area (TPSA) is 44.8 Å². The zero-order valence-electron chi connectivity index (χ0n) is 17.5. The van der Waals surface area contributed by atoms with E-state index < -0.39 is 0 Å². The molecule has 2 aliphatic heterocycles. The maximum absolute atomic E-state index is 12.6. The van der Waals surface area contributed by atoms with Gasteiger partial charge in [0.15, 0.2) is 0 Å². The number of nitrogens with zero attached hydrogens (tertiary/aromatic N) is 2. The summed E-state index contributed by atoms with van der Waals surface area (Å²) in [6.45, 7) is 10.2. The molecular formula is C24H31N3O2. The van der Waals surface area contributed by atoms with Crippen LogP contribution in [0.3, 0.4) is 0 Å². The van der Waals surface area contributed by atoms with Crippen LogP contribution in [-0.4, -0.2) is 55.0 Å². The zero-order chi connectivity index (χ0) is 20.2. The average molecular weight is 394 g/mol. The number of benzene rings is 2. The summed E-state index contributed by atoms with van der Waals surface area (Å²) in [6.07, 6.45) is 1.94. The Hall–Kier alpha value is -2.37. The van der Waals surface area contributed by atoms with Crippen LogP contribution in [0.1, 0.15) is 29.2 Å². The number of rotatable bonds is 6. The summed E-state index contributed by atoms with van der Waals surface area (Å²) in [5.74, 6) is 1.13. The van der Waals surface area contributed by atoms with Gasteiger partial charge in [-0.1, -0.05) is 37.3 Å². The molecule has 0 unspecified atom stereocenters. The number of anilines is 1. The number of hydrogen-bond acceptors (Lipinski definition) is 4. The minimum atomic E-state index is 0.0843. The molecule has 2 aromatic carbocycles. The Bertz CT molecular complexity index is 872. The largest absolute Gasteiger partial charge is 0.493 e. The van der Waals surface area contributed by atoms with E-state index >= 15 is 0 Å². The number of ether oxygens (including phenoxy) is 1. The third kappa shape index (κ3) is 4.80. The maximum atomic E-state index is 12.6. The van der Waals surface area contributed by atoms with Gasteiger partial charge in [-0.2, -0.15) is 0 Å². The first-order valence-corrected chi connectivity index (χ1v) is 10.7. The molecule has 1 fully saturated rings. The second-order valence-corrected chi connectivity index (χ2v) is 8.10. The predicted octanol–water partition coefficient (Wildman–Crippen LogP) is 3.25. The summed E-state index contributed by atoms with van der Waals surface area (Å²) < 4.78 is 5.60. The highest BCUT2D eigenvalue weighted by molar-refractivity contribution is 5.93. The van der Waals surface area contributed by atoms with Gasteiger partial charge in [-0.25, -0.2) is 0 Å². The predicted molar refractivity (Wildman–Crippen MR) is 117 cm³/mol. The smallest absolute Gasteiger partial charge is 0.238 e. The van der Waals surface area contributed by atoms with Crippen molar-refractivity contribution in [3.05, 3.63) is 58.7 Å². The Morgan fingerprint density at radius 2 is 1.90 bits per heavy atom. The molecule has 2 heterocycles. The van der Waals surface area contributed by atoms with Gasteiger partial charge in [0.25, 0.3) is 0 Å². The van der Waals surface area contributed by atoms with E-state index in [0.717, 1.165) is 69.2 Å². The molecule has 0 bridgehead atoms. The highest BCUT2D eigenvalue weighted by Crippen LogP contribution is 2.26. The number of para-hydroxylation sites is 1. The Labute approximate surface area is 173 Å². The van der Waals surface area contributed by atoms with Crippen molar-refractivity contribution in [3.8, 4) is 5.75 Å². The third-order valence-corrected chi connectivity index (χ3v) is 6.00. The van der Waals surface area contributed by atoms with Crippen molar-refractivity contribution in [1.29, 1.82) is 0 Å². The van der Waals surface area contributed by atoms with Crippen LogP contribution in [0.15, 0.2) is 36.4 Å². The summed E-state index contributed by atoms with van der Waals surface area (Å²) in [6, 6.07) is 12.8. The molecule has 5 heteroatoms. The average Bonchev–Trinajstić information content (AvgIpc) is 3.19. The fourth-order valence-electron chi connectivity index (χ4n) is 4.29. The van der Waals surface area contributed by atoms with E-state index in [1.165, 1.54) is 16.7 Å². The van der Waals surface area contributed by atoms with Gasteiger partial charge in [0.1, 0.15) is 5.75 Å². The standard InChI is InChI=1S/C24H31N3O2/c1-3-20-6-4-5-18(2)24(20)25-23(28)17-27-12-10-26(11-13-27)16-19-7-8-22-21(15-19)9-14-29-22/h4-8,15H,3,9-14,16-17H2,1-2H3,(H,25,28). The molecule has 5 nitrogen and oxygen atoms in total. The second kappa shape index (κ2) is 8.97. The fourth-order valence-corrected chi connectivity index (χ4v) is 4.29. The number of fused-ring (bicyclic) bond motifs is 1. The maximum Gasteiger partial charge on any atom is 0.238 e. The molecular weight excluding hydrogens is 362 g/mol. The number of hydrogen-bond donors (Lipinski definition) is 1. The minimum absolute atomic E-state index is 0.0843. The normalized spacial score (nSPS) is 17.0. The Morgan fingerprint density at radius 3 is 2.69 bits per heavy atom. The van der Waals surface area contributed by atoms with Gasteiger partial charge in [0.05, 0.1) is 13.2 Å². The van der Waals surface area contributed by atoms with Crippen molar-refractivity contribution in [1.82, 2.24) is 9.80 Å². The quantitative estimate of drug-likeness (QED) is 0.818. The minimum Gasteiger partial charge on any atom is -0.493 e. The van der Waals surface area contributed by atoms with Crippen molar-refractivity contribution in [3.63, 3.8) is 0 Å². The molecule has 29 heavy (non-hydrogen) atoms. The van der Waals surface area contributed by atoms with E-state index in [1.54, 1.807) is 0 Å². The van der Waals surface area contributed by atoms with E-state index in [0.29, 0.717) is 6.54 Å². The number of nitrogens with one attached hydrogen (secondary N) is 1. The fraction of sp³-hybridized carbons (Fsp3) is 0.458. The molecule has 1 N–H and O–H groups in total. The highest BCUT2D eigenvalue weighted by atomic mass is 16.5. The summed E-state index contributed by atoms with van der Waals surface area (Å²) in [7, 11) is 0. The highest BCUT2D eigenvalue weighted by Gasteiger charge is 2.20. The van der Waals surface area contributed by atoms with Crippen LogP contribution < -0.4 is 10.1 Å². The Kier molecular flexibility index (Phi) is 6.16. The van der Waals surface area contributed by atoms with E-state index in [1.807, 2.05) is 0 Å². The van der Waals surface area contributed by atoms with E-state index in [-0.39, 0.29) is 5.91 Å². The van der Waals surface area contributed by atoms with Gasteiger partial charge in [-0.05, 0) is 41.7 Å². The van der Waals surface area contributed by atoms with E-state index in [9.17, 15) is 4.79 Å². The van der Waals surface area contributed by atoms with E-state index in [2.05, 4.69) is 65.4 Å². The Morgan fingerprint density at radius 1 is 1.10 bits per heavy atom. The lowest BCUT2D eigenvalue weighted by atomic mass is 10.1. The van der Waals surface area contributed by atoms with Gasteiger partial charge in [-0.3, -0.25) is 14.6 Å². The van der Waals surface area contributed by atoms with Crippen molar-refractivity contribution < 1.29 is 9.53 Å². The number of carbonyl (C=O) groups excluding carboxylic acids is 1. The first-order chi connectivity index (χ1) is 14.1. The molecule has 154 valence electrons. The number of piperazine rings is 1. The molecule has 0 saturated carbocycles. The summed E-state index contributed by atoms with van der Waals surface area (Å²) >= 11 is 0. The third-order valence-electron chi connectivity index (χ3n) is 6.00. The van der Waals surface area contributed by atoms with Crippen molar-refractivity contribution in [2.45, 2.75) is 33.2 Å². The lowest BCUT2D eigenvalue weighted by Crippen LogP contribution is -2.48. The van der Waals surface area contributed by atoms with Crippen molar-refractivity contribution >= 4 is 11.6 Å². The van der Waals surface area contributed by atoms with Crippen LogP contribution in [-0.2, 0) is 24.2 Å². The number of carbonyl (C=O) groups is 1. The molecule has 0 aliphatic carbocycles. The molecule has 1 saturated heterocycles. The van der Waals surface area contributed by atoms with Gasteiger partial charge in [0.2, 0.25) is 5.91 Å². The number of aryl methyl sites for hydroxylation is 2. The monoisotopic (exact) mass is 393 g/mol. The van der Waals surface area contributed by atoms with Gasteiger partial charge in [-0.15, -0.1) is 0 Å². The SMILES string of the molecule is CCc1cccc(C)c1NC(=O)CN1CCN(Cc2ccc3c(c2)CCO3)CC1.